The molecule has 2 N–H and O–H groups in total. The zero-order valence-corrected chi connectivity index (χ0v) is 10.3. The Balaban J connectivity index is 1.80. The Morgan fingerprint density at radius 3 is 2.82 bits per heavy atom. The molecule has 2 aromatic rings. The van der Waals surface area contributed by atoms with E-state index in [1.807, 2.05) is 0 Å². The summed E-state index contributed by atoms with van der Waals surface area (Å²) in [5.41, 5.74) is 3.90. The molecule has 1 aromatic heterocycles. The molecular formula is C14H19N3. The lowest BCUT2D eigenvalue weighted by atomic mass is 10.2. The predicted octanol–water partition coefficient (Wildman–Crippen LogP) is 1.88. The Labute approximate surface area is 102 Å². The summed E-state index contributed by atoms with van der Waals surface area (Å²) >= 11 is 0. The summed E-state index contributed by atoms with van der Waals surface area (Å²) in [5.74, 6) is 0. The van der Waals surface area contributed by atoms with Crippen molar-refractivity contribution in [1.29, 1.82) is 0 Å². The molecule has 3 rings (SSSR count). The van der Waals surface area contributed by atoms with Gasteiger partial charge in [-0.1, -0.05) is 12.1 Å². The van der Waals surface area contributed by atoms with Crippen LogP contribution in [0.5, 0.6) is 0 Å². The van der Waals surface area contributed by atoms with E-state index in [9.17, 15) is 0 Å². The van der Waals surface area contributed by atoms with E-state index in [2.05, 4.69) is 46.4 Å². The van der Waals surface area contributed by atoms with Gasteiger partial charge in [0.2, 0.25) is 0 Å². The lowest BCUT2D eigenvalue weighted by Crippen LogP contribution is -2.42. The summed E-state index contributed by atoms with van der Waals surface area (Å²) in [4.78, 5) is 6.02. The third kappa shape index (κ3) is 2.35. The minimum absolute atomic E-state index is 1.04. The maximum absolute atomic E-state index is 3.52. The van der Waals surface area contributed by atoms with Gasteiger partial charge in [0, 0.05) is 43.9 Å². The first-order valence-electron chi connectivity index (χ1n) is 6.32. The zero-order chi connectivity index (χ0) is 11.7. The summed E-state index contributed by atoms with van der Waals surface area (Å²) < 4.78 is 0. The van der Waals surface area contributed by atoms with E-state index < -0.39 is 0 Å². The summed E-state index contributed by atoms with van der Waals surface area (Å²) in [5, 5.41) is 4.70. The maximum Gasteiger partial charge on any atom is 0.0459 e. The van der Waals surface area contributed by atoms with Crippen LogP contribution in [-0.4, -0.2) is 36.1 Å². The highest BCUT2D eigenvalue weighted by Crippen LogP contribution is 2.18. The zero-order valence-electron chi connectivity index (χ0n) is 10.3. The molecule has 0 aliphatic carbocycles. The smallest absolute Gasteiger partial charge is 0.0459 e. The minimum atomic E-state index is 1.04. The number of aromatic amines is 1. The van der Waals surface area contributed by atoms with Gasteiger partial charge in [-0.3, -0.25) is 4.90 Å². The minimum Gasteiger partial charge on any atom is -0.357 e. The van der Waals surface area contributed by atoms with Gasteiger partial charge >= 0.3 is 0 Å². The average Bonchev–Trinajstić information content (AvgIpc) is 2.71. The second-order valence-corrected chi connectivity index (χ2v) is 4.91. The molecule has 0 amide bonds. The third-order valence-electron chi connectivity index (χ3n) is 3.44. The van der Waals surface area contributed by atoms with Crippen molar-refractivity contribution in [2.24, 2.45) is 0 Å². The number of rotatable bonds is 2. The Morgan fingerprint density at radius 1 is 1.18 bits per heavy atom. The van der Waals surface area contributed by atoms with Gasteiger partial charge in [0.05, 0.1) is 0 Å². The molecule has 0 radical (unpaired) electrons. The molecule has 0 spiro atoms. The van der Waals surface area contributed by atoms with E-state index in [-0.39, 0.29) is 0 Å². The van der Waals surface area contributed by atoms with Crippen molar-refractivity contribution in [3.05, 3.63) is 35.5 Å². The molecule has 0 bridgehead atoms. The molecule has 0 saturated carbocycles. The highest BCUT2D eigenvalue weighted by Gasteiger charge is 2.11. The molecule has 1 aliphatic heterocycles. The van der Waals surface area contributed by atoms with Crippen LogP contribution in [0.3, 0.4) is 0 Å². The molecule has 3 heteroatoms. The van der Waals surface area contributed by atoms with Crippen LogP contribution in [0, 0.1) is 6.92 Å². The van der Waals surface area contributed by atoms with Gasteiger partial charge in [-0.2, -0.15) is 0 Å². The Kier molecular flexibility index (Phi) is 2.87. The van der Waals surface area contributed by atoms with E-state index in [4.69, 9.17) is 0 Å². The Bertz CT molecular complexity index is 509. The van der Waals surface area contributed by atoms with Crippen LogP contribution in [0.2, 0.25) is 0 Å². The van der Waals surface area contributed by atoms with Crippen molar-refractivity contribution < 1.29 is 0 Å². The molecule has 17 heavy (non-hydrogen) atoms. The fourth-order valence-electron chi connectivity index (χ4n) is 2.50. The Morgan fingerprint density at radius 2 is 2.00 bits per heavy atom. The Hall–Kier alpha value is -1.32. The number of hydrogen-bond acceptors (Lipinski definition) is 2. The third-order valence-corrected chi connectivity index (χ3v) is 3.44. The normalized spacial score (nSPS) is 17.7. The first-order chi connectivity index (χ1) is 8.31. The average molecular weight is 229 g/mol. The van der Waals surface area contributed by atoms with Crippen molar-refractivity contribution in [3.63, 3.8) is 0 Å². The molecule has 0 atom stereocenters. The van der Waals surface area contributed by atoms with Crippen LogP contribution in [0.1, 0.15) is 11.3 Å². The molecule has 1 aromatic carbocycles. The predicted molar refractivity (Wildman–Crippen MR) is 71.2 cm³/mol. The van der Waals surface area contributed by atoms with Crippen molar-refractivity contribution in [3.8, 4) is 0 Å². The summed E-state index contributed by atoms with van der Waals surface area (Å²) in [7, 11) is 0. The molecule has 0 unspecified atom stereocenters. The van der Waals surface area contributed by atoms with Crippen LogP contribution in [0.15, 0.2) is 24.3 Å². The molecule has 2 heterocycles. The van der Waals surface area contributed by atoms with Gasteiger partial charge in [-0.25, -0.2) is 0 Å². The molecule has 1 aliphatic rings. The second-order valence-electron chi connectivity index (χ2n) is 4.91. The van der Waals surface area contributed by atoms with Crippen LogP contribution in [0.25, 0.3) is 10.9 Å². The number of benzene rings is 1. The van der Waals surface area contributed by atoms with Crippen LogP contribution >= 0.6 is 0 Å². The second kappa shape index (κ2) is 4.51. The van der Waals surface area contributed by atoms with Gasteiger partial charge < -0.3 is 10.3 Å². The number of aryl methyl sites for hydroxylation is 1. The monoisotopic (exact) mass is 229 g/mol. The van der Waals surface area contributed by atoms with Gasteiger partial charge in [0.25, 0.3) is 0 Å². The molecule has 1 saturated heterocycles. The van der Waals surface area contributed by atoms with Crippen molar-refractivity contribution in [2.75, 3.05) is 26.2 Å². The van der Waals surface area contributed by atoms with Crippen molar-refractivity contribution in [1.82, 2.24) is 15.2 Å². The van der Waals surface area contributed by atoms with Crippen LogP contribution in [0.4, 0.5) is 0 Å². The highest BCUT2D eigenvalue weighted by atomic mass is 15.2. The quantitative estimate of drug-likeness (QED) is 0.824. The van der Waals surface area contributed by atoms with E-state index in [0.29, 0.717) is 0 Å². The fraction of sp³-hybridized carbons (Fsp3) is 0.429. The fourth-order valence-corrected chi connectivity index (χ4v) is 2.50. The summed E-state index contributed by atoms with van der Waals surface area (Å²) in [6, 6.07) is 8.86. The number of hydrogen-bond donors (Lipinski definition) is 2. The largest absolute Gasteiger partial charge is 0.357 e. The standard InChI is InChI=1S/C14H19N3/c1-11-2-3-12-9-13(16-14(12)8-11)10-17-6-4-15-5-7-17/h2-3,8-9,15-16H,4-7,10H2,1H3. The number of aromatic nitrogens is 1. The molecular weight excluding hydrogens is 210 g/mol. The lowest BCUT2D eigenvalue weighted by molar-refractivity contribution is 0.231. The number of piperazine rings is 1. The molecule has 90 valence electrons. The number of fused-ring (bicyclic) bond motifs is 1. The van der Waals surface area contributed by atoms with E-state index in [1.165, 1.54) is 22.2 Å². The van der Waals surface area contributed by atoms with E-state index >= 15 is 0 Å². The lowest BCUT2D eigenvalue weighted by Gasteiger charge is -2.26. The van der Waals surface area contributed by atoms with Gasteiger partial charge in [0.1, 0.15) is 0 Å². The number of nitrogens with zero attached hydrogens (tertiary/aromatic N) is 1. The first kappa shape index (κ1) is 10.8. The van der Waals surface area contributed by atoms with Crippen molar-refractivity contribution >= 4 is 10.9 Å². The SMILES string of the molecule is Cc1ccc2cc(CN3CCNCC3)[nH]c2c1. The van der Waals surface area contributed by atoms with Gasteiger partial charge in [-0.15, -0.1) is 0 Å². The topological polar surface area (TPSA) is 31.1 Å². The summed E-state index contributed by atoms with van der Waals surface area (Å²) in [6.07, 6.45) is 0. The van der Waals surface area contributed by atoms with Gasteiger partial charge in [-0.05, 0) is 30.0 Å². The van der Waals surface area contributed by atoms with Crippen molar-refractivity contribution in [2.45, 2.75) is 13.5 Å². The number of nitrogens with one attached hydrogen (secondary N) is 2. The summed E-state index contributed by atoms with van der Waals surface area (Å²) in [6.45, 7) is 7.69. The first-order valence-corrected chi connectivity index (χ1v) is 6.32. The molecule has 3 nitrogen and oxygen atoms in total. The van der Waals surface area contributed by atoms with E-state index in [0.717, 1.165) is 32.7 Å². The van der Waals surface area contributed by atoms with Gasteiger partial charge in [0.15, 0.2) is 0 Å². The molecule has 1 fully saturated rings. The number of H-pyrrole nitrogens is 1. The van der Waals surface area contributed by atoms with E-state index in [1.54, 1.807) is 0 Å². The maximum atomic E-state index is 3.52. The van der Waals surface area contributed by atoms with Crippen LogP contribution in [-0.2, 0) is 6.54 Å². The van der Waals surface area contributed by atoms with Crippen LogP contribution < -0.4 is 5.32 Å². The highest BCUT2D eigenvalue weighted by molar-refractivity contribution is 5.81.